The van der Waals surface area contributed by atoms with Crippen molar-refractivity contribution in [2.75, 3.05) is 7.11 Å². The molecule has 0 amide bonds. The molecule has 0 saturated heterocycles. The number of hydrogen-bond acceptors (Lipinski definition) is 8. The molecule has 3 rings (SSSR count). The zero-order chi connectivity index (χ0) is 17.6. The van der Waals surface area contributed by atoms with E-state index in [1.165, 1.54) is 19.2 Å². The average molecular weight is 334 g/mol. The molecule has 0 aliphatic heterocycles. The molecule has 1 heterocycles. The van der Waals surface area contributed by atoms with Gasteiger partial charge in [-0.25, -0.2) is 0 Å². The maximum absolute atomic E-state index is 12.7. The number of carbonyl (C=O) groups is 1. The normalized spacial score (nSPS) is 24.0. The van der Waals surface area contributed by atoms with Gasteiger partial charge in [0.2, 0.25) is 0 Å². The van der Waals surface area contributed by atoms with Gasteiger partial charge in [-0.1, -0.05) is 0 Å². The molecule has 0 bridgehead atoms. The highest BCUT2D eigenvalue weighted by molar-refractivity contribution is 5.95. The van der Waals surface area contributed by atoms with E-state index >= 15 is 0 Å². The lowest BCUT2D eigenvalue weighted by molar-refractivity contribution is -0.129. The number of ketones is 1. The molecular weight excluding hydrogens is 320 g/mol. The van der Waals surface area contributed by atoms with Crippen LogP contribution in [0.4, 0.5) is 0 Å². The van der Waals surface area contributed by atoms with Crippen molar-refractivity contribution in [1.29, 1.82) is 0 Å². The number of benzene rings is 1. The number of ether oxygens (including phenoxy) is 1. The second-order valence-corrected chi connectivity index (χ2v) is 5.51. The third-order valence-electron chi connectivity index (χ3n) is 4.04. The number of fused-ring (bicyclic) bond motifs is 1. The van der Waals surface area contributed by atoms with E-state index in [1.807, 2.05) is 0 Å². The van der Waals surface area contributed by atoms with E-state index in [0.717, 1.165) is 6.26 Å². The summed E-state index contributed by atoms with van der Waals surface area (Å²) in [5.41, 5.74) is -3.25. The van der Waals surface area contributed by atoms with Gasteiger partial charge in [-0.15, -0.1) is 0 Å². The third kappa shape index (κ3) is 2.24. The first-order chi connectivity index (χ1) is 11.3. The summed E-state index contributed by atoms with van der Waals surface area (Å²) in [4.78, 5) is 24.1. The number of hydrogen-bond donors (Lipinski definition) is 4. The Kier molecular flexibility index (Phi) is 3.58. The molecule has 0 radical (unpaired) electrons. The van der Waals surface area contributed by atoms with Crippen molar-refractivity contribution in [3.05, 3.63) is 46.0 Å². The van der Waals surface area contributed by atoms with Gasteiger partial charge in [0, 0.05) is 18.6 Å². The summed E-state index contributed by atoms with van der Waals surface area (Å²) in [5.74, 6) is -1.73. The van der Waals surface area contributed by atoms with Gasteiger partial charge in [-0.2, -0.15) is 0 Å². The van der Waals surface area contributed by atoms with Crippen molar-refractivity contribution in [2.45, 2.75) is 18.1 Å². The topological polar surface area (TPSA) is 137 Å². The summed E-state index contributed by atoms with van der Waals surface area (Å²) in [6, 6.07) is 2.41. The molecule has 2 atom stereocenters. The maximum atomic E-state index is 12.7. The lowest BCUT2D eigenvalue weighted by Gasteiger charge is -2.31. The quantitative estimate of drug-likeness (QED) is 0.622. The van der Waals surface area contributed by atoms with Gasteiger partial charge < -0.3 is 29.6 Å². The van der Waals surface area contributed by atoms with Crippen LogP contribution in [0.2, 0.25) is 0 Å². The van der Waals surface area contributed by atoms with Crippen molar-refractivity contribution in [2.24, 2.45) is 0 Å². The van der Waals surface area contributed by atoms with Crippen LogP contribution < -0.4 is 10.2 Å². The average Bonchev–Trinajstić information content (AvgIpc) is 2.53. The summed E-state index contributed by atoms with van der Waals surface area (Å²) < 4.78 is 10.2. The van der Waals surface area contributed by atoms with E-state index in [9.17, 15) is 30.0 Å². The van der Waals surface area contributed by atoms with E-state index < -0.39 is 35.1 Å². The van der Waals surface area contributed by atoms with Crippen LogP contribution >= 0.6 is 0 Å². The molecule has 4 N–H and O–H groups in total. The lowest BCUT2D eigenvalue weighted by Crippen LogP contribution is -2.43. The molecule has 0 spiro atoms. The van der Waals surface area contributed by atoms with Crippen LogP contribution in [0.3, 0.4) is 0 Å². The summed E-state index contributed by atoms with van der Waals surface area (Å²) in [5, 5.41) is 40.0. The molecule has 2 aromatic rings. The van der Waals surface area contributed by atoms with E-state index in [1.54, 1.807) is 0 Å². The van der Waals surface area contributed by atoms with Crippen molar-refractivity contribution < 1.29 is 34.4 Å². The second-order valence-electron chi connectivity index (χ2n) is 5.51. The standard InChI is InChI=1S/C16H14O8/c1-23-13-2-7-12(3-10(13)18)24-6-8(15(7)21)16(22)5-11(19)9(17)4-14(16)20/h2-4,6,11,18-20,22H,5H2,1H3. The minimum atomic E-state index is -2.26. The van der Waals surface area contributed by atoms with E-state index in [-0.39, 0.29) is 28.0 Å². The molecule has 2 unspecified atom stereocenters. The highest BCUT2D eigenvalue weighted by atomic mass is 16.5. The number of phenols is 1. The number of aromatic hydroxyl groups is 1. The van der Waals surface area contributed by atoms with Gasteiger partial charge in [0.05, 0.1) is 18.1 Å². The van der Waals surface area contributed by atoms with Gasteiger partial charge in [0.1, 0.15) is 23.7 Å². The molecule has 1 aromatic heterocycles. The fourth-order valence-corrected chi connectivity index (χ4v) is 2.68. The predicted octanol–water partition coefficient (Wildman–Crippen LogP) is 0.470. The minimum absolute atomic E-state index is 0.00485. The molecule has 8 nitrogen and oxygen atoms in total. The maximum Gasteiger partial charge on any atom is 0.199 e. The number of aliphatic hydroxyl groups excluding tert-OH is 2. The Morgan fingerprint density at radius 2 is 2.00 bits per heavy atom. The van der Waals surface area contributed by atoms with E-state index in [2.05, 4.69) is 0 Å². The molecule has 1 aliphatic carbocycles. The van der Waals surface area contributed by atoms with Crippen LogP contribution in [-0.2, 0) is 10.4 Å². The zero-order valence-corrected chi connectivity index (χ0v) is 12.5. The number of phenolic OH excluding ortho intramolecular Hbond substituents is 1. The molecule has 8 heteroatoms. The molecule has 0 saturated carbocycles. The summed E-state index contributed by atoms with van der Waals surface area (Å²) >= 11 is 0. The van der Waals surface area contributed by atoms with Gasteiger partial charge in [-0.3, -0.25) is 9.59 Å². The number of methoxy groups -OCH3 is 1. The Hall–Kier alpha value is -2.84. The largest absolute Gasteiger partial charge is 0.509 e. The van der Waals surface area contributed by atoms with Crippen molar-refractivity contribution in [3.63, 3.8) is 0 Å². The Morgan fingerprint density at radius 3 is 2.67 bits per heavy atom. The smallest absolute Gasteiger partial charge is 0.199 e. The number of aliphatic hydroxyl groups is 3. The second kappa shape index (κ2) is 5.36. The third-order valence-corrected chi connectivity index (χ3v) is 4.04. The molecule has 126 valence electrons. The summed E-state index contributed by atoms with van der Waals surface area (Å²) in [7, 11) is 1.30. The Bertz CT molecular complexity index is 926. The van der Waals surface area contributed by atoms with Crippen molar-refractivity contribution >= 4 is 16.8 Å². The first kappa shape index (κ1) is 16.0. The predicted molar refractivity (Wildman–Crippen MR) is 80.9 cm³/mol. The van der Waals surface area contributed by atoms with Crippen LogP contribution in [-0.4, -0.2) is 39.4 Å². The highest BCUT2D eigenvalue weighted by Gasteiger charge is 2.44. The molecule has 1 aromatic carbocycles. The first-order valence-corrected chi connectivity index (χ1v) is 6.96. The minimum Gasteiger partial charge on any atom is -0.509 e. The fraction of sp³-hybridized carbons (Fsp3) is 0.250. The first-order valence-electron chi connectivity index (χ1n) is 6.96. The van der Waals surface area contributed by atoms with Gasteiger partial charge in [0.15, 0.2) is 28.3 Å². The van der Waals surface area contributed by atoms with Gasteiger partial charge in [0.25, 0.3) is 0 Å². The zero-order valence-electron chi connectivity index (χ0n) is 12.5. The van der Waals surface area contributed by atoms with Crippen LogP contribution in [0.25, 0.3) is 11.0 Å². The van der Waals surface area contributed by atoms with Crippen molar-refractivity contribution in [1.82, 2.24) is 0 Å². The lowest BCUT2D eigenvalue weighted by atomic mass is 9.81. The molecular formula is C16H14O8. The van der Waals surface area contributed by atoms with E-state index in [4.69, 9.17) is 9.15 Å². The molecule has 0 fully saturated rings. The van der Waals surface area contributed by atoms with Crippen LogP contribution in [0.15, 0.2) is 39.4 Å². The fourth-order valence-electron chi connectivity index (χ4n) is 2.68. The Balaban J connectivity index is 2.26. The van der Waals surface area contributed by atoms with Gasteiger partial charge >= 0.3 is 0 Å². The molecule has 24 heavy (non-hydrogen) atoms. The van der Waals surface area contributed by atoms with E-state index in [0.29, 0.717) is 6.08 Å². The Labute approximate surface area is 134 Å². The molecule has 1 aliphatic rings. The van der Waals surface area contributed by atoms with Crippen LogP contribution in [0.1, 0.15) is 12.0 Å². The van der Waals surface area contributed by atoms with Crippen LogP contribution in [0, 0.1) is 0 Å². The number of carbonyl (C=O) groups excluding carboxylic acids is 1. The highest BCUT2D eigenvalue weighted by Crippen LogP contribution is 2.36. The summed E-state index contributed by atoms with van der Waals surface area (Å²) in [6.07, 6.45) is -0.548. The number of rotatable bonds is 2. The van der Waals surface area contributed by atoms with Crippen LogP contribution in [0.5, 0.6) is 11.5 Å². The SMILES string of the molecule is COc1cc2c(=O)c(C3(O)CC(O)C(=O)C=C3O)coc2cc1O. The summed E-state index contributed by atoms with van der Waals surface area (Å²) in [6.45, 7) is 0. The van der Waals surface area contributed by atoms with Gasteiger partial charge in [-0.05, 0) is 6.07 Å². The monoisotopic (exact) mass is 334 g/mol. The van der Waals surface area contributed by atoms with Crippen molar-refractivity contribution in [3.8, 4) is 11.5 Å². The Morgan fingerprint density at radius 1 is 1.29 bits per heavy atom.